The minimum atomic E-state index is -0.449. The van der Waals surface area contributed by atoms with Crippen LogP contribution in [0.5, 0.6) is 0 Å². The number of hydrogen-bond donors (Lipinski definition) is 2. The maximum Gasteiger partial charge on any atom is 0.259 e. The van der Waals surface area contributed by atoms with E-state index in [1.807, 2.05) is 34.9 Å². The van der Waals surface area contributed by atoms with Crippen LogP contribution in [0.2, 0.25) is 0 Å². The van der Waals surface area contributed by atoms with Gasteiger partial charge in [-0.1, -0.05) is 36.4 Å². The smallest absolute Gasteiger partial charge is 0.259 e. The van der Waals surface area contributed by atoms with Gasteiger partial charge in [-0.2, -0.15) is 5.10 Å². The number of carbonyl (C=O) groups is 2. The van der Waals surface area contributed by atoms with E-state index >= 15 is 0 Å². The number of Topliss-reactive ketones (excluding diaryl/α,β-unsaturated/α-hetero) is 1. The number of aromatic nitrogens is 3. The zero-order valence-electron chi connectivity index (χ0n) is 25.3. The Morgan fingerprint density at radius 1 is 1.11 bits per heavy atom. The standard InChI is InChI=1S/C35H37FN6O3/c1-45-20-19-41-17-15-25(16-18-41)31-21-30(32-34(37)38-22-39-42(31)32)24-9-13-28(14-10-24)40-35(44)29-4-2-3-26(33(29)43)8-5-23-6-11-27(36)12-7-23/h2-4,6-7,9-14,21-22,25-26H,5,8,15-20H2,1H3,(H,40,44)(H2,37,38,39). The number of allylic oxidation sites excluding steroid dienone is 3. The number of rotatable bonds is 10. The second-order valence-corrected chi connectivity index (χ2v) is 11.6. The first-order valence-electron chi connectivity index (χ1n) is 15.3. The Morgan fingerprint density at radius 3 is 2.60 bits per heavy atom. The largest absolute Gasteiger partial charge is 0.383 e. The minimum absolute atomic E-state index is 0.118. The maximum atomic E-state index is 13.2. The summed E-state index contributed by atoms with van der Waals surface area (Å²) in [7, 11) is 1.73. The van der Waals surface area contributed by atoms with Crippen molar-refractivity contribution in [1.82, 2.24) is 19.5 Å². The molecule has 1 aliphatic carbocycles. The first-order valence-corrected chi connectivity index (χ1v) is 15.3. The lowest BCUT2D eigenvalue weighted by Gasteiger charge is -2.31. The highest BCUT2D eigenvalue weighted by molar-refractivity contribution is 6.25. The Balaban J connectivity index is 1.14. The van der Waals surface area contributed by atoms with Crippen molar-refractivity contribution in [3.05, 3.63) is 102 Å². The van der Waals surface area contributed by atoms with Crippen LogP contribution in [0.3, 0.4) is 0 Å². The SMILES string of the molecule is COCCN1CCC(c2cc(-c3ccc(NC(=O)C4=CC=CC(CCc5ccc(F)cc5)C4=O)cc3)c3c(N)ncnn23)CC1. The molecule has 0 bridgehead atoms. The molecule has 9 nitrogen and oxygen atoms in total. The predicted molar refractivity (Wildman–Crippen MR) is 172 cm³/mol. The number of nitrogen functional groups attached to an aromatic ring is 1. The van der Waals surface area contributed by atoms with Gasteiger partial charge in [0, 0.05) is 42.4 Å². The zero-order chi connectivity index (χ0) is 31.3. The van der Waals surface area contributed by atoms with Crippen LogP contribution in [-0.2, 0) is 20.7 Å². The molecule has 2 aromatic carbocycles. The number of methoxy groups -OCH3 is 1. The molecule has 2 aliphatic rings. The van der Waals surface area contributed by atoms with Crippen molar-refractivity contribution in [2.24, 2.45) is 5.92 Å². The summed E-state index contributed by atoms with van der Waals surface area (Å²) in [5, 5.41) is 7.44. The molecule has 2 aromatic heterocycles. The van der Waals surface area contributed by atoms with Gasteiger partial charge in [0.25, 0.3) is 5.91 Å². The number of likely N-dealkylation sites (tertiary alicyclic amines) is 1. The Hall–Kier alpha value is -4.67. The molecule has 232 valence electrons. The fraction of sp³-hybridized carbons (Fsp3) is 0.314. The molecule has 4 aromatic rings. The van der Waals surface area contributed by atoms with Crippen LogP contribution < -0.4 is 11.1 Å². The number of aryl methyl sites for hydroxylation is 1. The molecule has 0 radical (unpaired) electrons. The number of nitrogens with two attached hydrogens (primary N) is 1. The van der Waals surface area contributed by atoms with Crippen molar-refractivity contribution in [1.29, 1.82) is 0 Å². The van der Waals surface area contributed by atoms with Gasteiger partial charge in [0.05, 0.1) is 12.2 Å². The highest BCUT2D eigenvalue weighted by Gasteiger charge is 2.28. The summed E-state index contributed by atoms with van der Waals surface area (Å²) in [4.78, 5) is 33.0. The number of nitrogens with one attached hydrogen (secondary N) is 1. The topological polar surface area (TPSA) is 115 Å². The van der Waals surface area contributed by atoms with Crippen molar-refractivity contribution in [2.45, 2.75) is 31.6 Å². The molecule has 1 fully saturated rings. The van der Waals surface area contributed by atoms with Gasteiger partial charge in [-0.05, 0) is 86.3 Å². The summed E-state index contributed by atoms with van der Waals surface area (Å²) in [6.45, 7) is 3.65. The number of halogens is 1. The highest BCUT2D eigenvalue weighted by atomic mass is 19.1. The zero-order valence-corrected chi connectivity index (χ0v) is 25.3. The van der Waals surface area contributed by atoms with Crippen molar-refractivity contribution in [3.8, 4) is 11.1 Å². The number of fused-ring (bicyclic) bond motifs is 1. The fourth-order valence-corrected chi connectivity index (χ4v) is 6.25. The minimum Gasteiger partial charge on any atom is -0.383 e. The summed E-state index contributed by atoms with van der Waals surface area (Å²) in [6.07, 6.45) is 9.78. The Bertz CT molecular complexity index is 1740. The van der Waals surface area contributed by atoms with Crippen molar-refractivity contribution >= 4 is 28.7 Å². The van der Waals surface area contributed by atoms with E-state index in [1.165, 1.54) is 18.5 Å². The molecule has 3 heterocycles. The average molecular weight is 609 g/mol. The molecule has 45 heavy (non-hydrogen) atoms. The molecule has 1 aliphatic heterocycles. The summed E-state index contributed by atoms with van der Waals surface area (Å²) in [5.74, 6) is -0.626. The van der Waals surface area contributed by atoms with Crippen LogP contribution in [0.25, 0.3) is 16.6 Å². The number of hydrogen-bond acceptors (Lipinski definition) is 7. The van der Waals surface area contributed by atoms with E-state index in [4.69, 9.17) is 10.5 Å². The van der Waals surface area contributed by atoms with E-state index in [-0.39, 0.29) is 17.2 Å². The van der Waals surface area contributed by atoms with E-state index in [2.05, 4.69) is 26.4 Å². The number of benzene rings is 2. The Kier molecular flexibility index (Phi) is 9.13. The Labute approximate surface area is 261 Å². The monoisotopic (exact) mass is 608 g/mol. The normalized spacial score (nSPS) is 17.5. The molecule has 1 unspecified atom stereocenters. The Morgan fingerprint density at radius 2 is 1.87 bits per heavy atom. The van der Waals surface area contributed by atoms with Gasteiger partial charge in [-0.25, -0.2) is 13.9 Å². The van der Waals surface area contributed by atoms with Gasteiger partial charge in [0.1, 0.15) is 17.7 Å². The lowest BCUT2D eigenvalue weighted by Crippen LogP contribution is -2.35. The highest BCUT2D eigenvalue weighted by Crippen LogP contribution is 2.37. The van der Waals surface area contributed by atoms with Crippen LogP contribution in [0.4, 0.5) is 15.9 Å². The van der Waals surface area contributed by atoms with Crippen LogP contribution in [0.15, 0.2) is 84.7 Å². The van der Waals surface area contributed by atoms with Crippen molar-refractivity contribution < 1.29 is 18.7 Å². The van der Waals surface area contributed by atoms with Crippen LogP contribution in [0.1, 0.15) is 36.4 Å². The van der Waals surface area contributed by atoms with Crippen LogP contribution in [-0.4, -0.2) is 64.5 Å². The van der Waals surface area contributed by atoms with Gasteiger partial charge < -0.3 is 20.7 Å². The first kappa shape index (κ1) is 30.4. The number of anilines is 2. The lowest BCUT2D eigenvalue weighted by molar-refractivity contribution is -0.122. The van der Waals surface area contributed by atoms with Crippen LogP contribution in [0, 0.1) is 11.7 Å². The molecule has 6 rings (SSSR count). The molecule has 0 saturated carbocycles. The number of piperidine rings is 1. The quantitative estimate of drug-likeness (QED) is 0.238. The molecule has 10 heteroatoms. The first-order chi connectivity index (χ1) is 21.9. The summed E-state index contributed by atoms with van der Waals surface area (Å²) in [5.41, 5.74) is 11.7. The second kappa shape index (κ2) is 13.5. The number of amides is 1. The third kappa shape index (κ3) is 6.72. The van der Waals surface area contributed by atoms with Crippen molar-refractivity contribution in [2.75, 3.05) is 44.4 Å². The van der Waals surface area contributed by atoms with E-state index in [0.29, 0.717) is 30.3 Å². The van der Waals surface area contributed by atoms with E-state index in [9.17, 15) is 14.0 Å². The maximum absolute atomic E-state index is 13.2. The van der Waals surface area contributed by atoms with E-state index < -0.39 is 11.8 Å². The van der Waals surface area contributed by atoms with Gasteiger partial charge in [0.15, 0.2) is 11.6 Å². The van der Waals surface area contributed by atoms with Gasteiger partial charge in [-0.15, -0.1) is 0 Å². The molecular formula is C35H37FN6O3. The molecule has 1 atom stereocenters. The molecule has 1 amide bonds. The number of ketones is 1. The van der Waals surface area contributed by atoms with Crippen LogP contribution >= 0.6 is 0 Å². The number of carbonyl (C=O) groups excluding carboxylic acids is 2. The predicted octanol–water partition coefficient (Wildman–Crippen LogP) is 5.20. The number of ether oxygens (including phenoxy) is 1. The third-order valence-electron chi connectivity index (χ3n) is 8.79. The van der Waals surface area contributed by atoms with Gasteiger partial charge >= 0.3 is 0 Å². The molecule has 0 spiro atoms. The third-order valence-corrected chi connectivity index (χ3v) is 8.79. The lowest BCUT2D eigenvalue weighted by atomic mass is 9.87. The number of nitrogens with zero attached hydrogens (tertiary/aromatic N) is 4. The van der Waals surface area contributed by atoms with Gasteiger partial charge in [0.2, 0.25) is 0 Å². The average Bonchev–Trinajstić information content (AvgIpc) is 3.45. The summed E-state index contributed by atoms with van der Waals surface area (Å²) < 4.78 is 20.4. The summed E-state index contributed by atoms with van der Waals surface area (Å²) in [6, 6.07) is 15.9. The summed E-state index contributed by atoms with van der Waals surface area (Å²) >= 11 is 0. The molecular weight excluding hydrogens is 571 g/mol. The molecule has 3 N–H and O–H groups in total. The molecule has 1 saturated heterocycles. The fourth-order valence-electron chi connectivity index (χ4n) is 6.25. The second-order valence-electron chi connectivity index (χ2n) is 11.6. The van der Waals surface area contributed by atoms with E-state index in [0.717, 1.165) is 67.0 Å². The van der Waals surface area contributed by atoms with E-state index in [1.54, 1.807) is 31.4 Å². The van der Waals surface area contributed by atoms with Crippen molar-refractivity contribution in [3.63, 3.8) is 0 Å². The van der Waals surface area contributed by atoms with Gasteiger partial charge in [-0.3, -0.25) is 9.59 Å².